The van der Waals surface area contributed by atoms with Crippen molar-refractivity contribution in [1.82, 2.24) is 4.98 Å². The predicted molar refractivity (Wildman–Crippen MR) is 83.1 cm³/mol. The van der Waals surface area contributed by atoms with E-state index in [2.05, 4.69) is 35.4 Å². The Morgan fingerprint density at radius 1 is 1.21 bits per heavy atom. The average Bonchev–Trinajstić information content (AvgIpc) is 2.81. The second-order valence-corrected chi connectivity index (χ2v) is 5.94. The van der Waals surface area contributed by atoms with E-state index >= 15 is 0 Å². The highest BCUT2D eigenvalue weighted by Crippen LogP contribution is 2.25. The molecule has 0 unspecified atom stereocenters. The normalized spacial score (nSPS) is 10.8. The molecule has 0 spiro atoms. The summed E-state index contributed by atoms with van der Waals surface area (Å²) < 4.78 is 1.24. The van der Waals surface area contributed by atoms with E-state index in [0.29, 0.717) is 0 Å². The molecule has 0 fully saturated rings. The highest BCUT2D eigenvalue weighted by atomic mass is 35.5. The number of fused-ring (bicyclic) bond motifs is 1. The molecule has 0 amide bonds. The molecule has 0 aliphatic rings. The molecule has 0 saturated carbocycles. The molecule has 0 atom stereocenters. The number of halogens is 1. The molecule has 1 heterocycles. The minimum absolute atomic E-state index is 0.721. The first-order valence-corrected chi connectivity index (χ1v) is 7.26. The van der Waals surface area contributed by atoms with Crippen molar-refractivity contribution in [3.8, 4) is 0 Å². The van der Waals surface area contributed by atoms with Gasteiger partial charge in [0.25, 0.3) is 0 Å². The Balaban J connectivity index is 1.80. The van der Waals surface area contributed by atoms with Crippen LogP contribution < -0.4 is 5.32 Å². The Labute approximate surface area is 121 Å². The van der Waals surface area contributed by atoms with Crippen molar-refractivity contribution in [2.75, 3.05) is 5.32 Å². The summed E-state index contributed by atoms with van der Waals surface area (Å²) in [6.07, 6.45) is 0. The van der Waals surface area contributed by atoms with Crippen LogP contribution in [0.3, 0.4) is 0 Å². The topological polar surface area (TPSA) is 24.9 Å². The van der Waals surface area contributed by atoms with E-state index in [1.54, 1.807) is 11.3 Å². The third-order valence-electron chi connectivity index (χ3n) is 2.93. The Morgan fingerprint density at radius 3 is 2.84 bits per heavy atom. The summed E-state index contributed by atoms with van der Waals surface area (Å²) in [7, 11) is 0. The van der Waals surface area contributed by atoms with Crippen molar-refractivity contribution in [2.24, 2.45) is 0 Å². The monoisotopic (exact) mass is 288 g/mol. The Kier molecular flexibility index (Phi) is 3.40. The van der Waals surface area contributed by atoms with Gasteiger partial charge in [-0.3, -0.25) is 0 Å². The van der Waals surface area contributed by atoms with Crippen LogP contribution in [0.5, 0.6) is 0 Å². The maximum Gasteiger partial charge on any atom is 0.113 e. The van der Waals surface area contributed by atoms with Gasteiger partial charge in [0.15, 0.2) is 0 Å². The number of thiazole rings is 1. The predicted octanol–water partition coefficient (Wildman–Crippen LogP) is 4.87. The van der Waals surface area contributed by atoms with Gasteiger partial charge in [0.05, 0.1) is 16.8 Å². The van der Waals surface area contributed by atoms with Crippen molar-refractivity contribution in [3.63, 3.8) is 0 Å². The first-order chi connectivity index (χ1) is 9.22. The van der Waals surface area contributed by atoms with E-state index in [0.717, 1.165) is 27.8 Å². The van der Waals surface area contributed by atoms with Crippen LogP contribution in [-0.4, -0.2) is 4.98 Å². The maximum atomic E-state index is 5.96. The molecule has 2 nitrogen and oxygen atoms in total. The number of nitrogens with one attached hydrogen (secondary N) is 1. The largest absolute Gasteiger partial charge is 0.378 e. The smallest absolute Gasteiger partial charge is 0.113 e. The zero-order valence-corrected chi connectivity index (χ0v) is 12.1. The molecule has 0 bridgehead atoms. The van der Waals surface area contributed by atoms with Gasteiger partial charge < -0.3 is 5.32 Å². The highest BCUT2D eigenvalue weighted by molar-refractivity contribution is 7.18. The molecule has 19 heavy (non-hydrogen) atoms. The minimum atomic E-state index is 0.721. The van der Waals surface area contributed by atoms with Crippen molar-refractivity contribution in [2.45, 2.75) is 13.5 Å². The number of hydrogen-bond donors (Lipinski definition) is 1. The first-order valence-electron chi connectivity index (χ1n) is 6.07. The summed E-state index contributed by atoms with van der Waals surface area (Å²) in [4.78, 5) is 4.67. The number of hydrogen-bond acceptors (Lipinski definition) is 3. The van der Waals surface area contributed by atoms with Gasteiger partial charge in [-0.05, 0) is 36.8 Å². The quantitative estimate of drug-likeness (QED) is 0.744. The van der Waals surface area contributed by atoms with E-state index in [-0.39, 0.29) is 0 Å². The van der Waals surface area contributed by atoms with Crippen molar-refractivity contribution in [1.29, 1.82) is 0 Å². The van der Waals surface area contributed by atoms with E-state index in [1.165, 1.54) is 10.3 Å². The van der Waals surface area contributed by atoms with Crippen LogP contribution in [-0.2, 0) is 6.54 Å². The molecule has 1 aromatic heterocycles. The molecule has 0 radical (unpaired) electrons. The number of benzene rings is 2. The molecule has 1 N–H and O–H groups in total. The average molecular weight is 289 g/mol. The zero-order valence-electron chi connectivity index (χ0n) is 10.5. The van der Waals surface area contributed by atoms with E-state index in [1.807, 2.05) is 24.3 Å². The van der Waals surface area contributed by atoms with Crippen LogP contribution in [0.25, 0.3) is 10.2 Å². The van der Waals surface area contributed by atoms with E-state index in [9.17, 15) is 0 Å². The van der Waals surface area contributed by atoms with Crippen LogP contribution >= 0.6 is 22.9 Å². The van der Waals surface area contributed by atoms with E-state index < -0.39 is 0 Å². The van der Waals surface area contributed by atoms with E-state index in [4.69, 9.17) is 11.6 Å². The van der Waals surface area contributed by atoms with Gasteiger partial charge in [0.1, 0.15) is 5.01 Å². The lowest BCUT2D eigenvalue weighted by Gasteiger charge is -2.03. The lowest BCUT2D eigenvalue weighted by molar-refractivity contribution is 1.12. The molecular formula is C15H13ClN2S. The summed E-state index contributed by atoms with van der Waals surface area (Å²) in [5.74, 6) is 0. The Bertz CT molecular complexity index is 721. The molecule has 4 heteroatoms. The summed E-state index contributed by atoms with van der Waals surface area (Å²) >= 11 is 7.69. The zero-order chi connectivity index (χ0) is 13.2. The number of anilines is 1. The molecular weight excluding hydrogens is 276 g/mol. The van der Waals surface area contributed by atoms with Crippen LogP contribution in [0.2, 0.25) is 5.02 Å². The van der Waals surface area contributed by atoms with Crippen molar-refractivity contribution in [3.05, 3.63) is 58.1 Å². The minimum Gasteiger partial charge on any atom is -0.378 e. The molecule has 0 aliphatic carbocycles. The number of nitrogens with zero attached hydrogens (tertiary/aromatic N) is 1. The summed E-state index contributed by atoms with van der Waals surface area (Å²) in [5.41, 5.74) is 3.35. The fourth-order valence-corrected chi connectivity index (χ4v) is 3.16. The Hall–Kier alpha value is -1.58. The second kappa shape index (κ2) is 5.19. The van der Waals surface area contributed by atoms with Gasteiger partial charge in [-0.2, -0.15) is 0 Å². The van der Waals surface area contributed by atoms with Gasteiger partial charge in [-0.1, -0.05) is 29.8 Å². The molecule has 3 aromatic rings. The number of aryl methyl sites for hydroxylation is 1. The SMILES string of the molecule is Cc1cccc2sc(CNc3cccc(Cl)c3)nc12. The number of rotatable bonds is 3. The Morgan fingerprint density at radius 2 is 2.05 bits per heavy atom. The van der Waals surface area contributed by atoms with Crippen LogP contribution in [0.1, 0.15) is 10.6 Å². The molecule has 3 rings (SSSR count). The van der Waals surface area contributed by atoms with Crippen molar-refractivity contribution < 1.29 is 0 Å². The number of para-hydroxylation sites is 1. The van der Waals surface area contributed by atoms with Crippen LogP contribution in [0.4, 0.5) is 5.69 Å². The maximum absolute atomic E-state index is 5.96. The standard InChI is InChI=1S/C15H13ClN2S/c1-10-4-2-7-13-15(10)18-14(19-13)9-17-12-6-3-5-11(16)8-12/h2-8,17H,9H2,1H3. The summed E-state index contributed by atoms with van der Waals surface area (Å²) in [6.45, 7) is 2.81. The summed E-state index contributed by atoms with van der Waals surface area (Å²) in [6, 6.07) is 14.0. The van der Waals surface area contributed by atoms with Crippen LogP contribution in [0.15, 0.2) is 42.5 Å². The van der Waals surface area contributed by atoms with Crippen LogP contribution in [0, 0.1) is 6.92 Å². The summed E-state index contributed by atoms with van der Waals surface area (Å²) in [5, 5.41) is 5.17. The molecule has 0 saturated heterocycles. The third-order valence-corrected chi connectivity index (χ3v) is 4.19. The lowest BCUT2D eigenvalue weighted by atomic mass is 10.2. The fraction of sp³-hybridized carbons (Fsp3) is 0.133. The lowest BCUT2D eigenvalue weighted by Crippen LogP contribution is -1.98. The molecule has 96 valence electrons. The van der Waals surface area contributed by atoms with Gasteiger partial charge >= 0.3 is 0 Å². The first kappa shape index (κ1) is 12.5. The van der Waals surface area contributed by atoms with Gasteiger partial charge in [-0.25, -0.2) is 4.98 Å². The van der Waals surface area contributed by atoms with Gasteiger partial charge in [0, 0.05) is 10.7 Å². The molecule has 0 aliphatic heterocycles. The second-order valence-electron chi connectivity index (χ2n) is 4.39. The fourth-order valence-electron chi connectivity index (χ4n) is 1.98. The van der Waals surface area contributed by atoms with Crippen molar-refractivity contribution >= 4 is 38.8 Å². The highest BCUT2D eigenvalue weighted by Gasteiger charge is 2.05. The third kappa shape index (κ3) is 2.72. The van der Waals surface area contributed by atoms with Gasteiger partial charge in [0.2, 0.25) is 0 Å². The molecule has 2 aromatic carbocycles. The van der Waals surface area contributed by atoms with Gasteiger partial charge in [-0.15, -0.1) is 11.3 Å². The number of aromatic nitrogens is 1.